The van der Waals surface area contributed by atoms with Gasteiger partial charge in [-0.1, -0.05) is 12.1 Å². The monoisotopic (exact) mass is 357 g/mol. The number of hydrogen-bond donors (Lipinski definition) is 1. The Morgan fingerprint density at radius 1 is 1.08 bits per heavy atom. The highest BCUT2D eigenvalue weighted by Crippen LogP contribution is 2.20. The summed E-state index contributed by atoms with van der Waals surface area (Å²) in [5.74, 6) is -0.962. The number of carbonyl (C=O) groups is 1. The van der Waals surface area contributed by atoms with E-state index < -0.39 is 11.7 Å². The van der Waals surface area contributed by atoms with E-state index in [4.69, 9.17) is 4.74 Å². The van der Waals surface area contributed by atoms with Gasteiger partial charge in [0.15, 0.2) is 0 Å². The molecule has 1 amide bonds. The first-order chi connectivity index (χ1) is 12.7. The van der Waals surface area contributed by atoms with Crippen LogP contribution in [-0.2, 0) is 4.74 Å². The van der Waals surface area contributed by atoms with E-state index in [0.717, 1.165) is 45.0 Å². The van der Waals surface area contributed by atoms with Crippen LogP contribution in [0.15, 0.2) is 48.5 Å². The van der Waals surface area contributed by atoms with Crippen molar-refractivity contribution in [3.63, 3.8) is 0 Å². The molecule has 26 heavy (non-hydrogen) atoms. The fraction of sp³-hybridized carbons (Fsp3) is 0.350. The number of halogens is 1. The Morgan fingerprint density at radius 2 is 1.77 bits per heavy atom. The van der Waals surface area contributed by atoms with Crippen molar-refractivity contribution in [3.8, 4) is 0 Å². The maximum absolute atomic E-state index is 13.7. The summed E-state index contributed by atoms with van der Waals surface area (Å²) < 4.78 is 18.8. The normalized spacial score (nSPS) is 15.1. The van der Waals surface area contributed by atoms with Gasteiger partial charge >= 0.3 is 0 Å². The summed E-state index contributed by atoms with van der Waals surface area (Å²) in [7, 11) is 1.72. The first-order valence-electron chi connectivity index (χ1n) is 8.79. The molecule has 2 aromatic carbocycles. The Kier molecular flexibility index (Phi) is 6.20. The molecule has 0 saturated carbocycles. The number of benzene rings is 2. The van der Waals surface area contributed by atoms with Gasteiger partial charge in [0.2, 0.25) is 0 Å². The van der Waals surface area contributed by atoms with E-state index in [1.165, 1.54) is 12.1 Å². The maximum Gasteiger partial charge on any atom is 0.258 e. The summed E-state index contributed by atoms with van der Waals surface area (Å²) in [4.78, 5) is 16.9. The van der Waals surface area contributed by atoms with Crippen LogP contribution in [0.4, 0.5) is 15.8 Å². The van der Waals surface area contributed by atoms with Crippen LogP contribution >= 0.6 is 0 Å². The lowest BCUT2D eigenvalue weighted by atomic mass is 10.2. The molecule has 0 unspecified atom stereocenters. The number of amides is 1. The first kappa shape index (κ1) is 18.4. The number of methoxy groups -OCH3 is 1. The molecule has 0 aliphatic carbocycles. The third kappa shape index (κ3) is 4.59. The summed E-state index contributed by atoms with van der Waals surface area (Å²) in [5, 5.41) is 2.74. The van der Waals surface area contributed by atoms with E-state index in [0.29, 0.717) is 5.69 Å². The van der Waals surface area contributed by atoms with Crippen LogP contribution in [-0.4, -0.2) is 57.2 Å². The van der Waals surface area contributed by atoms with Crippen LogP contribution in [0, 0.1) is 5.82 Å². The van der Waals surface area contributed by atoms with Gasteiger partial charge in [-0.15, -0.1) is 0 Å². The molecule has 138 valence electrons. The van der Waals surface area contributed by atoms with E-state index in [-0.39, 0.29) is 5.56 Å². The molecule has 0 bridgehead atoms. The van der Waals surface area contributed by atoms with E-state index in [1.807, 2.05) is 24.3 Å². The minimum Gasteiger partial charge on any atom is -0.383 e. The summed E-state index contributed by atoms with van der Waals surface area (Å²) >= 11 is 0. The smallest absolute Gasteiger partial charge is 0.258 e. The lowest BCUT2D eigenvalue weighted by Gasteiger charge is -2.36. The minimum atomic E-state index is -0.520. The van der Waals surface area contributed by atoms with Crippen LogP contribution in [0.3, 0.4) is 0 Å². The Morgan fingerprint density at radius 3 is 2.42 bits per heavy atom. The first-order valence-corrected chi connectivity index (χ1v) is 8.79. The number of nitrogens with zero attached hydrogens (tertiary/aromatic N) is 2. The molecule has 0 radical (unpaired) electrons. The maximum atomic E-state index is 13.7. The lowest BCUT2D eigenvalue weighted by molar-refractivity contribution is 0.102. The number of nitrogens with one attached hydrogen (secondary N) is 1. The van der Waals surface area contributed by atoms with Gasteiger partial charge in [-0.25, -0.2) is 4.39 Å². The molecule has 0 spiro atoms. The molecule has 1 saturated heterocycles. The zero-order valence-corrected chi connectivity index (χ0v) is 15.0. The van der Waals surface area contributed by atoms with Crippen molar-refractivity contribution >= 4 is 17.3 Å². The van der Waals surface area contributed by atoms with Gasteiger partial charge < -0.3 is 15.0 Å². The highest BCUT2D eigenvalue weighted by Gasteiger charge is 2.17. The van der Waals surface area contributed by atoms with Crippen LogP contribution < -0.4 is 10.2 Å². The molecule has 0 atom stereocenters. The molecule has 6 heteroatoms. The van der Waals surface area contributed by atoms with Gasteiger partial charge in [-0.2, -0.15) is 0 Å². The van der Waals surface area contributed by atoms with Crippen LogP contribution in [0.1, 0.15) is 10.4 Å². The van der Waals surface area contributed by atoms with Crippen LogP contribution in [0.25, 0.3) is 0 Å². The molecule has 1 fully saturated rings. The molecule has 3 rings (SSSR count). The van der Waals surface area contributed by atoms with Crippen molar-refractivity contribution in [2.45, 2.75) is 0 Å². The average Bonchev–Trinajstić information content (AvgIpc) is 2.68. The molecule has 2 aromatic rings. The zero-order valence-electron chi connectivity index (χ0n) is 15.0. The van der Waals surface area contributed by atoms with Gasteiger partial charge in [0, 0.05) is 51.2 Å². The predicted octanol–water partition coefficient (Wildman–Crippen LogP) is 2.85. The highest BCUT2D eigenvalue weighted by atomic mass is 19.1. The fourth-order valence-electron chi connectivity index (χ4n) is 3.05. The summed E-state index contributed by atoms with van der Waals surface area (Å²) in [6.45, 7) is 5.67. The van der Waals surface area contributed by atoms with Crippen LogP contribution in [0.5, 0.6) is 0 Å². The van der Waals surface area contributed by atoms with Crippen molar-refractivity contribution in [3.05, 3.63) is 59.9 Å². The van der Waals surface area contributed by atoms with Crippen molar-refractivity contribution in [2.24, 2.45) is 0 Å². The van der Waals surface area contributed by atoms with Gasteiger partial charge in [0.1, 0.15) is 5.82 Å². The number of piperazine rings is 1. The molecule has 1 heterocycles. The Labute approximate surface area is 153 Å². The van der Waals surface area contributed by atoms with Gasteiger partial charge in [-0.3, -0.25) is 9.69 Å². The fourth-order valence-corrected chi connectivity index (χ4v) is 3.05. The minimum absolute atomic E-state index is 0.0451. The lowest BCUT2D eigenvalue weighted by Crippen LogP contribution is -2.47. The molecule has 1 aliphatic rings. The topological polar surface area (TPSA) is 44.8 Å². The number of rotatable bonds is 6. The highest BCUT2D eigenvalue weighted by molar-refractivity contribution is 6.04. The summed E-state index contributed by atoms with van der Waals surface area (Å²) in [5.41, 5.74) is 1.82. The summed E-state index contributed by atoms with van der Waals surface area (Å²) in [6.07, 6.45) is 0. The number of anilines is 2. The van der Waals surface area contributed by atoms with Crippen molar-refractivity contribution in [2.75, 3.05) is 56.7 Å². The van der Waals surface area contributed by atoms with Gasteiger partial charge in [0.25, 0.3) is 5.91 Å². The molecular formula is C20H24FN3O2. The van der Waals surface area contributed by atoms with Crippen LogP contribution in [0.2, 0.25) is 0 Å². The second-order valence-corrected chi connectivity index (χ2v) is 6.30. The third-order valence-electron chi connectivity index (χ3n) is 4.59. The number of hydrogen-bond acceptors (Lipinski definition) is 4. The molecule has 0 aromatic heterocycles. The molecule has 1 aliphatic heterocycles. The SMILES string of the molecule is COCCN1CCN(c2ccc(NC(=O)c3ccccc3F)cc2)CC1. The van der Waals surface area contributed by atoms with E-state index in [9.17, 15) is 9.18 Å². The van der Waals surface area contributed by atoms with Gasteiger partial charge in [-0.05, 0) is 36.4 Å². The molecule has 1 N–H and O–H groups in total. The second-order valence-electron chi connectivity index (χ2n) is 6.30. The Bertz CT molecular complexity index is 728. The van der Waals surface area contributed by atoms with Gasteiger partial charge in [0.05, 0.1) is 12.2 Å². The summed E-state index contributed by atoms with van der Waals surface area (Å²) in [6, 6.07) is 13.6. The standard InChI is InChI=1S/C20H24FN3O2/c1-26-15-14-23-10-12-24(13-11-23)17-8-6-16(7-9-17)22-20(25)18-4-2-3-5-19(18)21/h2-9H,10-15H2,1H3,(H,22,25). The second kappa shape index (κ2) is 8.78. The number of carbonyl (C=O) groups excluding carboxylic acids is 1. The largest absolute Gasteiger partial charge is 0.383 e. The Hall–Kier alpha value is -2.44. The quantitative estimate of drug-likeness (QED) is 0.864. The zero-order chi connectivity index (χ0) is 18.4. The van der Waals surface area contributed by atoms with Crippen molar-refractivity contribution in [1.82, 2.24) is 4.90 Å². The van der Waals surface area contributed by atoms with E-state index >= 15 is 0 Å². The predicted molar refractivity (Wildman–Crippen MR) is 101 cm³/mol. The van der Waals surface area contributed by atoms with E-state index in [1.54, 1.807) is 19.2 Å². The number of ether oxygens (including phenoxy) is 1. The average molecular weight is 357 g/mol. The van der Waals surface area contributed by atoms with E-state index in [2.05, 4.69) is 15.1 Å². The molecule has 5 nitrogen and oxygen atoms in total. The van der Waals surface area contributed by atoms with Crippen molar-refractivity contribution < 1.29 is 13.9 Å². The Balaban J connectivity index is 1.56. The van der Waals surface area contributed by atoms with Crippen molar-refractivity contribution in [1.29, 1.82) is 0 Å². The molecular weight excluding hydrogens is 333 g/mol. The third-order valence-corrected chi connectivity index (χ3v) is 4.59.